The van der Waals surface area contributed by atoms with E-state index in [9.17, 15) is 9.59 Å². The maximum Gasteiger partial charge on any atom is 0.410 e. The number of thiophene rings is 1. The van der Waals surface area contributed by atoms with Gasteiger partial charge in [-0.15, -0.1) is 11.3 Å². The number of rotatable bonds is 3. The van der Waals surface area contributed by atoms with Crippen LogP contribution < -0.4 is 11.4 Å². The van der Waals surface area contributed by atoms with E-state index in [2.05, 4.69) is 4.98 Å². The summed E-state index contributed by atoms with van der Waals surface area (Å²) in [5.74, 6) is 5.99. The molecule has 3 rings (SSSR count). The number of aromatic nitrogens is 2. The zero-order valence-electron chi connectivity index (χ0n) is 12.9. The van der Waals surface area contributed by atoms with Crippen molar-refractivity contribution in [3.63, 3.8) is 0 Å². The molecular formula is C14H15N5O3S2. The first kappa shape index (κ1) is 16.6. The van der Waals surface area contributed by atoms with Gasteiger partial charge in [0.15, 0.2) is 5.16 Å². The van der Waals surface area contributed by atoms with Crippen molar-refractivity contribution in [2.45, 2.75) is 25.0 Å². The van der Waals surface area contributed by atoms with Crippen LogP contribution in [0.1, 0.15) is 17.4 Å². The molecule has 0 unspecified atom stereocenters. The molecule has 0 bridgehead atoms. The predicted molar refractivity (Wildman–Crippen MR) is 91.5 cm³/mol. The van der Waals surface area contributed by atoms with E-state index < -0.39 is 0 Å². The van der Waals surface area contributed by atoms with E-state index in [-0.39, 0.29) is 17.4 Å². The zero-order chi connectivity index (χ0) is 17.3. The number of nitrogen functional groups attached to an aromatic ring is 1. The molecule has 3 heterocycles. The van der Waals surface area contributed by atoms with Gasteiger partial charge in [0.1, 0.15) is 4.83 Å². The lowest BCUT2D eigenvalue weighted by atomic mass is 10.1. The van der Waals surface area contributed by atoms with Crippen LogP contribution in [-0.4, -0.2) is 39.6 Å². The van der Waals surface area contributed by atoms with Crippen molar-refractivity contribution >= 4 is 39.4 Å². The van der Waals surface area contributed by atoms with Crippen LogP contribution in [0.4, 0.5) is 4.79 Å². The second-order valence-corrected chi connectivity index (χ2v) is 7.10. The van der Waals surface area contributed by atoms with Crippen LogP contribution in [0.15, 0.2) is 9.95 Å². The van der Waals surface area contributed by atoms with Crippen molar-refractivity contribution in [2.75, 3.05) is 24.7 Å². The van der Waals surface area contributed by atoms with Crippen molar-refractivity contribution in [3.05, 3.63) is 20.8 Å². The van der Waals surface area contributed by atoms with Crippen molar-refractivity contribution < 1.29 is 9.53 Å². The SMILES string of the molecule is CCOC(=O)N1CCc2c(sc3nc(SCC#N)n(N)c(=O)c23)C1. The normalized spacial score (nSPS) is 13.6. The molecule has 2 N–H and O–H groups in total. The van der Waals surface area contributed by atoms with Crippen molar-refractivity contribution in [3.8, 4) is 6.07 Å². The van der Waals surface area contributed by atoms with Crippen LogP contribution in [0, 0.1) is 11.3 Å². The van der Waals surface area contributed by atoms with Gasteiger partial charge in [-0.25, -0.2) is 14.5 Å². The van der Waals surface area contributed by atoms with Crippen LogP contribution in [0.5, 0.6) is 0 Å². The minimum atomic E-state index is -0.352. The quantitative estimate of drug-likeness (QED) is 0.495. The molecule has 0 saturated carbocycles. The highest BCUT2D eigenvalue weighted by atomic mass is 32.2. The molecule has 0 saturated heterocycles. The minimum Gasteiger partial charge on any atom is -0.450 e. The highest BCUT2D eigenvalue weighted by Gasteiger charge is 2.27. The Morgan fingerprint density at radius 2 is 2.38 bits per heavy atom. The smallest absolute Gasteiger partial charge is 0.410 e. The Balaban J connectivity index is 2.01. The number of ether oxygens (including phenoxy) is 1. The van der Waals surface area contributed by atoms with Crippen LogP contribution >= 0.6 is 23.1 Å². The van der Waals surface area contributed by atoms with Gasteiger partial charge in [0.2, 0.25) is 0 Å². The summed E-state index contributed by atoms with van der Waals surface area (Å²) in [5, 5.41) is 9.52. The average molecular weight is 365 g/mol. The number of hydrogen-bond acceptors (Lipinski definition) is 8. The number of amides is 1. The van der Waals surface area contributed by atoms with E-state index in [1.165, 1.54) is 11.3 Å². The minimum absolute atomic E-state index is 0.164. The summed E-state index contributed by atoms with van der Waals surface area (Å²) in [6.07, 6.45) is 0.213. The molecule has 10 heteroatoms. The molecule has 0 radical (unpaired) electrons. The van der Waals surface area contributed by atoms with Crippen molar-refractivity contribution in [2.24, 2.45) is 0 Å². The zero-order valence-corrected chi connectivity index (χ0v) is 14.6. The van der Waals surface area contributed by atoms with Crippen molar-refractivity contribution in [1.29, 1.82) is 5.26 Å². The summed E-state index contributed by atoms with van der Waals surface area (Å²) in [5.41, 5.74) is 0.589. The van der Waals surface area contributed by atoms with E-state index in [0.29, 0.717) is 41.5 Å². The van der Waals surface area contributed by atoms with E-state index in [1.54, 1.807) is 11.8 Å². The Morgan fingerprint density at radius 1 is 1.58 bits per heavy atom. The molecule has 126 valence electrons. The fourth-order valence-electron chi connectivity index (χ4n) is 2.61. The monoisotopic (exact) mass is 365 g/mol. The lowest BCUT2D eigenvalue weighted by Crippen LogP contribution is -2.36. The number of carbonyl (C=O) groups excluding carboxylic acids is 1. The molecule has 0 aliphatic carbocycles. The second kappa shape index (κ2) is 6.70. The molecule has 8 nitrogen and oxygen atoms in total. The molecular weight excluding hydrogens is 350 g/mol. The summed E-state index contributed by atoms with van der Waals surface area (Å²) in [6, 6.07) is 1.99. The van der Waals surface area contributed by atoms with Gasteiger partial charge >= 0.3 is 6.09 Å². The van der Waals surface area contributed by atoms with Gasteiger partial charge < -0.3 is 15.5 Å². The Hall–Kier alpha value is -2.25. The summed E-state index contributed by atoms with van der Waals surface area (Å²) in [6.45, 7) is 2.99. The number of nitriles is 1. The summed E-state index contributed by atoms with van der Waals surface area (Å²) < 4.78 is 6.03. The largest absolute Gasteiger partial charge is 0.450 e. The maximum absolute atomic E-state index is 12.6. The first-order valence-corrected chi connectivity index (χ1v) is 9.10. The van der Waals surface area contributed by atoms with Gasteiger partial charge in [-0.3, -0.25) is 4.79 Å². The lowest BCUT2D eigenvalue weighted by molar-refractivity contribution is 0.103. The maximum atomic E-state index is 12.6. The van der Waals surface area contributed by atoms with Gasteiger partial charge in [0.05, 0.1) is 30.4 Å². The van der Waals surface area contributed by atoms with Gasteiger partial charge in [-0.2, -0.15) is 5.26 Å². The Morgan fingerprint density at radius 3 is 3.08 bits per heavy atom. The molecule has 0 atom stereocenters. The number of thioether (sulfide) groups is 1. The summed E-state index contributed by atoms with van der Waals surface area (Å²) in [7, 11) is 0. The predicted octanol–water partition coefficient (Wildman–Crippen LogP) is 1.30. The molecule has 2 aromatic rings. The van der Waals surface area contributed by atoms with Gasteiger partial charge in [0, 0.05) is 11.4 Å². The molecule has 1 amide bonds. The lowest BCUT2D eigenvalue weighted by Gasteiger charge is -2.25. The summed E-state index contributed by atoms with van der Waals surface area (Å²) >= 11 is 2.51. The molecule has 1 aliphatic heterocycles. The molecule has 2 aromatic heterocycles. The first-order chi connectivity index (χ1) is 11.6. The molecule has 24 heavy (non-hydrogen) atoms. The third-order valence-electron chi connectivity index (χ3n) is 3.67. The van der Waals surface area contributed by atoms with E-state index in [4.69, 9.17) is 15.8 Å². The topological polar surface area (TPSA) is 114 Å². The van der Waals surface area contributed by atoms with Crippen LogP contribution in [0.2, 0.25) is 0 Å². The standard InChI is InChI=1S/C14H15N5O3S2/c1-2-22-14(21)18-5-3-8-9(7-18)24-11-10(8)12(20)19(16)13(17-11)23-6-4-15/h2-3,5-7,16H2,1H3. The second-order valence-electron chi connectivity index (χ2n) is 5.07. The molecule has 0 spiro atoms. The first-order valence-electron chi connectivity index (χ1n) is 7.30. The number of hydrogen-bond donors (Lipinski definition) is 1. The Bertz CT molecular complexity index is 898. The molecule has 0 aromatic carbocycles. The van der Waals surface area contributed by atoms with Crippen LogP contribution in [-0.2, 0) is 17.7 Å². The fraction of sp³-hybridized carbons (Fsp3) is 0.429. The summed E-state index contributed by atoms with van der Waals surface area (Å²) in [4.78, 5) is 32.0. The van der Waals surface area contributed by atoms with Crippen LogP contribution in [0.3, 0.4) is 0 Å². The van der Waals surface area contributed by atoms with Crippen molar-refractivity contribution in [1.82, 2.24) is 14.6 Å². The van der Waals surface area contributed by atoms with E-state index >= 15 is 0 Å². The fourth-order valence-corrected chi connectivity index (χ4v) is 4.46. The number of nitrogens with two attached hydrogens (primary N) is 1. The third-order valence-corrected chi connectivity index (χ3v) is 5.60. The van der Waals surface area contributed by atoms with Gasteiger partial charge in [0.25, 0.3) is 5.56 Å². The van der Waals surface area contributed by atoms with E-state index in [0.717, 1.165) is 26.9 Å². The average Bonchev–Trinajstić information content (AvgIpc) is 2.94. The van der Waals surface area contributed by atoms with Crippen LogP contribution in [0.25, 0.3) is 10.2 Å². The van der Waals surface area contributed by atoms with Gasteiger partial charge in [-0.1, -0.05) is 11.8 Å². The number of fused-ring (bicyclic) bond motifs is 3. The van der Waals surface area contributed by atoms with E-state index in [1.807, 2.05) is 6.07 Å². The number of nitrogens with zero attached hydrogens (tertiary/aromatic N) is 4. The third kappa shape index (κ3) is 2.81. The highest BCUT2D eigenvalue weighted by molar-refractivity contribution is 7.99. The highest BCUT2D eigenvalue weighted by Crippen LogP contribution is 2.33. The molecule has 0 fully saturated rings. The molecule has 1 aliphatic rings. The Kier molecular flexibility index (Phi) is 4.64. The number of carbonyl (C=O) groups is 1. The van der Waals surface area contributed by atoms with Gasteiger partial charge in [-0.05, 0) is 18.9 Å². The Labute approximate surface area is 145 Å².